The van der Waals surface area contributed by atoms with Crippen LogP contribution in [0.1, 0.15) is 45.6 Å². The molecule has 0 aromatic heterocycles. The summed E-state index contributed by atoms with van der Waals surface area (Å²) in [6, 6.07) is 10.5. The molecule has 1 atom stereocenters. The number of carbonyl (C=O) groups excluding carboxylic acids is 1. The number of nitrogens with zero attached hydrogens (tertiary/aromatic N) is 1. The summed E-state index contributed by atoms with van der Waals surface area (Å²) in [5.74, 6) is 0. The highest BCUT2D eigenvalue weighted by molar-refractivity contribution is 5.68. The van der Waals surface area contributed by atoms with Crippen molar-refractivity contribution in [2.75, 3.05) is 13.6 Å². The lowest BCUT2D eigenvalue weighted by molar-refractivity contribution is 0.0207. The van der Waals surface area contributed by atoms with Crippen molar-refractivity contribution in [1.29, 1.82) is 0 Å². The summed E-state index contributed by atoms with van der Waals surface area (Å²) in [6.07, 6.45) is 3.50. The summed E-state index contributed by atoms with van der Waals surface area (Å²) in [6.45, 7) is 6.22. The average molecular weight is 306 g/mol. The van der Waals surface area contributed by atoms with E-state index >= 15 is 0 Å². The maximum absolute atomic E-state index is 12.2. The van der Waals surface area contributed by atoms with Crippen LogP contribution in [0.5, 0.6) is 0 Å². The minimum Gasteiger partial charge on any atom is -0.444 e. The normalized spacial score (nSPS) is 12.8. The lowest BCUT2D eigenvalue weighted by Gasteiger charge is -2.30. The number of rotatable bonds is 7. The van der Waals surface area contributed by atoms with Gasteiger partial charge in [-0.15, -0.1) is 0 Å². The number of hydrogen-bond donors (Lipinski definition) is 1. The van der Waals surface area contributed by atoms with Crippen LogP contribution in [0.2, 0.25) is 0 Å². The van der Waals surface area contributed by atoms with Gasteiger partial charge in [0.15, 0.2) is 0 Å². The molecule has 0 fully saturated rings. The maximum atomic E-state index is 12.2. The van der Waals surface area contributed by atoms with E-state index in [-0.39, 0.29) is 12.1 Å². The third kappa shape index (κ3) is 6.94. The molecular weight excluding hydrogens is 276 g/mol. The molecule has 1 aromatic carbocycles. The first-order valence-corrected chi connectivity index (χ1v) is 8.03. The highest BCUT2D eigenvalue weighted by Crippen LogP contribution is 2.16. The minimum absolute atomic E-state index is 0.128. The number of hydrogen-bond acceptors (Lipinski definition) is 3. The van der Waals surface area contributed by atoms with Crippen molar-refractivity contribution in [3.8, 4) is 0 Å². The number of nitrogens with two attached hydrogens (primary N) is 1. The Morgan fingerprint density at radius 1 is 1.23 bits per heavy atom. The second kappa shape index (κ2) is 8.79. The predicted molar refractivity (Wildman–Crippen MR) is 90.8 cm³/mol. The fourth-order valence-electron chi connectivity index (χ4n) is 2.39. The van der Waals surface area contributed by atoms with Gasteiger partial charge in [-0.3, -0.25) is 0 Å². The first-order valence-electron chi connectivity index (χ1n) is 8.03. The molecule has 22 heavy (non-hydrogen) atoms. The van der Waals surface area contributed by atoms with Gasteiger partial charge in [-0.25, -0.2) is 4.79 Å². The number of aryl methyl sites for hydroxylation is 1. The van der Waals surface area contributed by atoms with Crippen molar-refractivity contribution in [2.24, 2.45) is 5.73 Å². The summed E-state index contributed by atoms with van der Waals surface area (Å²) in [7, 11) is 1.80. The van der Waals surface area contributed by atoms with Crippen molar-refractivity contribution in [3.05, 3.63) is 35.9 Å². The van der Waals surface area contributed by atoms with Gasteiger partial charge in [-0.2, -0.15) is 0 Å². The Labute approximate surface area is 134 Å². The molecule has 0 saturated carbocycles. The molecule has 2 N–H and O–H groups in total. The fraction of sp³-hybridized carbons (Fsp3) is 0.611. The Morgan fingerprint density at radius 3 is 2.41 bits per heavy atom. The van der Waals surface area contributed by atoms with E-state index in [9.17, 15) is 4.79 Å². The largest absolute Gasteiger partial charge is 0.444 e. The van der Waals surface area contributed by atoms with Crippen LogP contribution in [0.3, 0.4) is 0 Å². The van der Waals surface area contributed by atoms with Crippen LogP contribution >= 0.6 is 0 Å². The Morgan fingerprint density at radius 2 is 1.86 bits per heavy atom. The predicted octanol–water partition coefficient (Wildman–Crippen LogP) is 3.59. The van der Waals surface area contributed by atoms with Crippen molar-refractivity contribution in [2.45, 2.75) is 58.1 Å². The van der Waals surface area contributed by atoms with E-state index in [0.29, 0.717) is 6.54 Å². The number of ether oxygens (including phenoxy) is 1. The maximum Gasteiger partial charge on any atom is 0.410 e. The van der Waals surface area contributed by atoms with Gasteiger partial charge in [-0.1, -0.05) is 30.3 Å². The topological polar surface area (TPSA) is 55.6 Å². The molecule has 0 bridgehead atoms. The van der Waals surface area contributed by atoms with Gasteiger partial charge in [0.25, 0.3) is 0 Å². The highest BCUT2D eigenvalue weighted by atomic mass is 16.6. The van der Waals surface area contributed by atoms with Gasteiger partial charge in [0.1, 0.15) is 5.60 Å². The standard InChI is InChI=1S/C18H30N2O2/c1-18(2,3)22-17(21)20(4)16(13-14-19)12-8-11-15-9-6-5-7-10-15/h5-7,9-10,16H,8,11-14,19H2,1-4H3. The molecule has 0 aliphatic heterocycles. The van der Waals surface area contributed by atoms with Crippen LogP contribution in [0.25, 0.3) is 0 Å². The molecule has 0 saturated heterocycles. The highest BCUT2D eigenvalue weighted by Gasteiger charge is 2.24. The average Bonchev–Trinajstić information content (AvgIpc) is 2.45. The molecule has 4 heteroatoms. The molecule has 0 radical (unpaired) electrons. The molecule has 1 amide bonds. The summed E-state index contributed by atoms with van der Waals surface area (Å²) in [5, 5.41) is 0. The molecule has 1 unspecified atom stereocenters. The van der Waals surface area contributed by atoms with Gasteiger partial charge in [-0.05, 0) is 58.6 Å². The van der Waals surface area contributed by atoms with E-state index in [4.69, 9.17) is 10.5 Å². The van der Waals surface area contributed by atoms with E-state index in [1.807, 2.05) is 26.8 Å². The molecule has 0 aliphatic carbocycles. The quantitative estimate of drug-likeness (QED) is 0.837. The number of amides is 1. The Hall–Kier alpha value is -1.55. The molecule has 1 rings (SSSR count). The second-order valence-corrected chi connectivity index (χ2v) is 6.70. The van der Waals surface area contributed by atoms with Gasteiger partial charge in [0, 0.05) is 13.1 Å². The van der Waals surface area contributed by atoms with E-state index in [2.05, 4.69) is 24.3 Å². The van der Waals surface area contributed by atoms with Gasteiger partial charge in [0.05, 0.1) is 0 Å². The third-order valence-electron chi connectivity index (χ3n) is 3.57. The molecule has 0 spiro atoms. The van der Waals surface area contributed by atoms with E-state index in [1.54, 1.807) is 11.9 Å². The molecule has 1 aromatic rings. The van der Waals surface area contributed by atoms with Gasteiger partial charge >= 0.3 is 6.09 Å². The number of carbonyl (C=O) groups is 1. The SMILES string of the molecule is CN(C(=O)OC(C)(C)C)C(CCN)CCCc1ccccc1. The van der Waals surface area contributed by atoms with E-state index < -0.39 is 5.60 Å². The van der Waals surface area contributed by atoms with E-state index in [1.165, 1.54) is 5.56 Å². The van der Waals surface area contributed by atoms with Crippen LogP contribution in [0, 0.1) is 0 Å². The van der Waals surface area contributed by atoms with Crippen molar-refractivity contribution in [1.82, 2.24) is 4.90 Å². The summed E-state index contributed by atoms with van der Waals surface area (Å²) in [4.78, 5) is 13.9. The van der Waals surface area contributed by atoms with Crippen LogP contribution in [0.15, 0.2) is 30.3 Å². The zero-order valence-corrected chi connectivity index (χ0v) is 14.3. The van der Waals surface area contributed by atoms with Crippen LogP contribution in [-0.2, 0) is 11.2 Å². The van der Waals surface area contributed by atoms with Gasteiger partial charge in [0.2, 0.25) is 0 Å². The summed E-state index contributed by atoms with van der Waals surface area (Å²) >= 11 is 0. The van der Waals surface area contributed by atoms with Gasteiger partial charge < -0.3 is 15.4 Å². The monoisotopic (exact) mass is 306 g/mol. The molecular formula is C18H30N2O2. The zero-order chi connectivity index (χ0) is 16.6. The van der Waals surface area contributed by atoms with Crippen molar-refractivity contribution in [3.63, 3.8) is 0 Å². The fourth-order valence-corrected chi connectivity index (χ4v) is 2.39. The first-order chi connectivity index (χ1) is 10.3. The summed E-state index contributed by atoms with van der Waals surface area (Å²) < 4.78 is 5.44. The molecule has 0 aliphatic rings. The second-order valence-electron chi connectivity index (χ2n) is 6.70. The smallest absolute Gasteiger partial charge is 0.410 e. The molecule has 0 heterocycles. The van der Waals surface area contributed by atoms with Crippen molar-refractivity contribution >= 4 is 6.09 Å². The Balaban J connectivity index is 2.51. The molecule has 4 nitrogen and oxygen atoms in total. The Bertz CT molecular complexity index is 440. The number of benzene rings is 1. The molecule has 124 valence electrons. The first kappa shape index (κ1) is 18.5. The Kier molecular flexibility index (Phi) is 7.39. The zero-order valence-electron chi connectivity index (χ0n) is 14.3. The minimum atomic E-state index is -0.470. The van der Waals surface area contributed by atoms with Crippen LogP contribution in [-0.4, -0.2) is 36.2 Å². The van der Waals surface area contributed by atoms with Crippen molar-refractivity contribution < 1.29 is 9.53 Å². The summed E-state index contributed by atoms with van der Waals surface area (Å²) in [5.41, 5.74) is 6.56. The van der Waals surface area contributed by atoms with Crippen LogP contribution in [0.4, 0.5) is 4.79 Å². The lowest BCUT2D eigenvalue weighted by Crippen LogP contribution is -2.41. The lowest BCUT2D eigenvalue weighted by atomic mass is 10.0. The van der Waals surface area contributed by atoms with E-state index in [0.717, 1.165) is 25.7 Å². The third-order valence-corrected chi connectivity index (χ3v) is 3.57. The van der Waals surface area contributed by atoms with Crippen LogP contribution < -0.4 is 5.73 Å².